The number of esters is 1. The fourth-order valence-electron chi connectivity index (χ4n) is 7.15. The number of nitrogens with zero attached hydrogens (tertiary/aromatic N) is 2. The van der Waals surface area contributed by atoms with Gasteiger partial charge in [0.1, 0.15) is 40.7 Å². The third kappa shape index (κ3) is 12.7. The number of rotatable bonds is 16. The molecule has 3 heterocycles. The van der Waals surface area contributed by atoms with Crippen LogP contribution in [-0.4, -0.2) is 148 Å². The number of methoxy groups -OCH3 is 2. The number of amides is 3. The largest absolute Gasteiger partial charge is 0.495 e. The van der Waals surface area contributed by atoms with E-state index < -0.39 is 65.7 Å². The van der Waals surface area contributed by atoms with Gasteiger partial charge in [-0.3, -0.25) is 14.9 Å². The number of benzene rings is 1. The predicted molar refractivity (Wildman–Crippen MR) is 227 cm³/mol. The van der Waals surface area contributed by atoms with E-state index in [4.69, 9.17) is 49.5 Å². The second-order valence-corrected chi connectivity index (χ2v) is 16.6. The van der Waals surface area contributed by atoms with Crippen molar-refractivity contribution in [2.24, 2.45) is 5.92 Å². The van der Waals surface area contributed by atoms with Crippen molar-refractivity contribution in [3.8, 4) is 5.75 Å². The Balaban J connectivity index is 1.57. The molecule has 2 saturated heterocycles. The molecular formula is C41H59ClIN3O13. The van der Waals surface area contributed by atoms with Gasteiger partial charge in [-0.2, -0.15) is 0 Å². The van der Waals surface area contributed by atoms with Crippen molar-refractivity contribution in [2.75, 3.05) is 77.3 Å². The number of nitrogens with one attached hydrogen (secondary N) is 1. The van der Waals surface area contributed by atoms with Gasteiger partial charge in [0.25, 0.3) is 0 Å². The lowest BCUT2D eigenvalue weighted by Crippen LogP contribution is -2.63. The Labute approximate surface area is 365 Å². The lowest BCUT2D eigenvalue weighted by molar-refractivity contribution is -0.162. The van der Waals surface area contributed by atoms with Crippen molar-refractivity contribution in [1.29, 1.82) is 0 Å². The molecule has 3 aliphatic heterocycles. The number of alkyl carbamates (subject to hydrolysis) is 1. The molecule has 4 rings (SSSR count). The van der Waals surface area contributed by atoms with Crippen LogP contribution in [0.25, 0.3) is 0 Å². The van der Waals surface area contributed by atoms with Crippen LogP contribution in [-0.2, 0) is 54.0 Å². The Morgan fingerprint density at radius 3 is 2.42 bits per heavy atom. The van der Waals surface area contributed by atoms with Crippen LogP contribution in [0.5, 0.6) is 5.75 Å². The molecule has 1 aromatic rings. The Kier molecular flexibility index (Phi) is 18.3. The number of anilines is 1. The highest BCUT2D eigenvalue weighted by Crippen LogP contribution is 2.49. The summed E-state index contributed by atoms with van der Waals surface area (Å²) in [6.07, 6.45) is 0.805. The van der Waals surface area contributed by atoms with Gasteiger partial charge in [0.15, 0.2) is 5.72 Å². The van der Waals surface area contributed by atoms with Crippen LogP contribution in [0.3, 0.4) is 0 Å². The maximum atomic E-state index is 14.2. The maximum Gasteiger partial charge on any atom is 0.409 e. The number of carbonyl (C=O) groups excluding carboxylic acids is 4. The average molecular weight is 964 g/mol. The number of hydrogen-bond donors (Lipinski definition) is 2. The summed E-state index contributed by atoms with van der Waals surface area (Å²) in [5, 5.41) is 14.5. The Hall–Kier alpha value is -3.04. The van der Waals surface area contributed by atoms with E-state index in [9.17, 15) is 24.3 Å². The zero-order valence-corrected chi connectivity index (χ0v) is 38.0. The number of halogens is 2. The molecule has 1 aromatic carbocycles. The van der Waals surface area contributed by atoms with E-state index in [1.165, 1.54) is 38.0 Å². The van der Waals surface area contributed by atoms with E-state index in [0.717, 1.165) is 15.6 Å². The molecule has 18 heteroatoms. The molecule has 4 bridgehead atoms. The van der Waals surface area contributed by atoms with Gasteiger partial charge in [0.2, 0.25) is 11.8 Å². The first-order chi connectivity index (χ1) is 28.0. The van der Waals surface area contributed by atoms with Crippen LogP contribution in [0.1, 0.15) is 52.5 Å². The zero-order chi connectivity index (χ0) is 43.5. The normalized spacial score (nSPS) is 29.2. The van der Waals surface area contributed by atoms with Gasteiger partial charge in [0, 0.05) is 38.0 Å². The zero-order valence-electron chi connectivity index (χ0n) is 35.1. The smallest absolute Gasteiger partial charge is 0.409 e. The number of hydrogen-bond acceptors (Lipinski definition) is 13. The summed E-state index contributed by atoms with van der Waals surface area (Å²) in [6, 6.07) is 2.54. The minimum absolute atomic E-state index is 0.0135. The van der Waals surface area contributed by atoms with Crippen molar-refractivity contribution in [3.05, 3.63) is 46.5 Å². The summed E-state index contributed by atoms with van der Waals surface area (Å²) in [4.78, 5) is 56.7. The summed E-state index contributed by atoms with van der Waals surface area (Å²) in [5.41, 5.74) is -0.985. The van der Waals surface area contributed by atoms with Crippen LogP contribution in [0.2, 0.25) is 5.02 Å². The second kappa shape index (κ2) is 22.2. The first-order valence-corrected chi connectivity index (χ1v) is 21.5. The van der Waals surface area contributed by atoms with E-state index >= 15 is 0 Å². The van der Waals surface area contributed by atoms with Crippen molar-refractivity contribution < 1.29 is 62.2 Å². The molecule has 2 fully saturated rings. The lowest BCUT2D eigenvalue weighted by atomic mass is 9.83. The number of epoxide rings is 1. The summed E-state index contributed by atoms with van der Waals surface area (Å²) in [7, 11) is 5.98. The Bertz CT molecular complexity index is 1700. The fourth-order valence-corrected chi connectivity index (χ4v) is 7.77. The molecule has 0 saturated carbocycles. The predicted octanol–water partition coefficient (Wildman–Crippen LogP) is 4.39. The Morgan fingerprint density at radius 2 is 1.78 bits per heavy atom. The number of ether oxygens (including phenoxy) is 8. The molecular weight excluding hydrogens is 905 g/mol. The van der Waals surface area contributed by atoms with Crippen LogP contribution in [0.15, 0.2) is 35.9 Å². The van der Waals surface area contributed by atoms with Crippen molar-refractivity contribution in [3.63, 3.8) is 0 Å². The fraction of sp³-hybridized carbons (Fsp3) is 0.659. The first-order valence-electron chi connectivity index (χ1n) is 19.6. The van der Waals surface area contributed by atoms with E-state index in [1.807, 2.05) is 13.0 Å². The van der Waals surface area contributed by atoms with E-state index in [-0.39, 0.29) is 36.8 Å². The minimum Gasteiger partial charge on any atom is -0.495 e. The van der Waals surface area contributed by atoms with Gasteiger partial charge in [-0.25, -0.2) is 9.59 Å². The van der Waals surface area contributed by atoms with Crippen LogP contribution in [0, 0.1) is 5.92 Å². The molecule has 1 unspecified atom stereocenters. The molecule has 330 valence electrons. The number of alkyl halides is 1. The standard InChI is InChI=1S/C41H59ClIN3O13/c1-25-10-9-11-32(53-8)41(51)24-31(57-39(50)44-41)26(2)37-40(4,59-37)33(23-35(48)46(6)29-21-28(20-25)22-30(52-7)36(29)42)58-38(49)27(3)45(5)34(47)12-14-54-16-18-56-19-17-55-15-13-43/h9-11,21-22,26-27,31-33,37,51H,12-20,23-24H2,1-8H3,(H,44,50)/b11-9+,25-10+/t26-,27+,31+,32-,33?,37+,40+,41+/m1/s1. The number of likely N-dealkylation sites (N-methyl/N-ethyl adjacent to an activating group) is 1. The summed E-state index contributed by atoms with van der Waals surface area (Å²) >= 11 is 9.01. The van der Waals surface area contributed by atoms with Gasteiger partial charge in [-0.05, 0) is 44.9 Å². The molecule has 59 heavy (non-hydrogen) atoms. The first kappa shape index (κ1) is 48.6. The highest BCUT2D eigenvalue weighted by atomic mass is 127. The molecule has 0 radical (unpaired) electrons. The SMILES string of the molecule is COc1cc2cc(c1Cl)N(C)C(=O)CC(OC(=O)[C@H](C)N(C)C(=O)CCOCCOCCOCCI)[C@]1(C)O[C@H]1[C@H](C)[C@@H]1C[C@@](O)(NC(=O)O1)[C@H](OC)/C=C/C=C(\C)C2. The molecule has 0 spiro atoms. The summed E-state index contributed by atoms with van der Waals surface area (Å²) < 4.78 is 46.6. The lowest BCUT2D eigenvalue weighted by Gasteiger charge is -2.42. The van der Waals surface area contributed by atoms with E-state index in [0.29, 0.717) is 50.9 Å². The van der Waals surface area contributed by atoms with Gasteiger partial charge in [0.05, 0.1) is 71.4 Å². The summed E-state index contributed by atoms with van der Waals surface area (Å²) in [6.45, 7) is 9.33. The van der Waals surface area contributed by atoms with Crippen LogP contribution in [0.4, 0.5) is 10.5 Å². The van der Waals surface area contributed by atoms with Crippen molar-refractivity contribution >= 4 is 63.8 Å². The highest BCUT2D eigenvalue weighted by Gasteiger charge is 2.64. The monoisotopic (exact) mass is 963 g/mol. The molecule has 16 nitrogen and oxygen atoms in total. The third-order valence-electron chi connectivity index (χ3n) is 11.0. The van der Waals surface area contributed by atoms with Gasteiger partial charge in [-0.1, -0.05) is 64.9 Å². The third-order valence-corrected chi connectivity index (χ3v) is 11.8. The van der Waals surface area contributed by atoms with Crippen molar-refractivity contribution in [2.45, 2.75) is 95.2 Å². The molecule has 2 N–H and O–H groups in total. The summed E-state index contributed by atoms with van der Waals surface area (Å²) in [5.74, 6) is -1.74. The maximum absolute atomic E-state index is 14.2. The number of fused-ring (bicyclic) bond motifs is 5. The quantitative estimate of drug-likeness (QED) is 0.0783. The highest BCUT2D eigenvalue weighted by molar-refractivity contribution is 14.1. The molecule has 0 aliphatic carbocycles. The van der Waals surface area contributed by atoms with Gasteiger partial charge >= 0.3 is 12.1 Å². The number of allylic oxidation sites excluding steroid dienone is 3. The average Bonchev–Trinajstić information content (AvgIpc) is 3.90. The van der Waals surface area contributed by atoms with Gasteiger partial charge in [-0.15, -0.1) is 0 Å². The molecule has 3 amide bonds. The number of carbonyl (C=O) groups is 4. The second-order valence-electron chi connectivity index (χ2n) is 15.2. The topological polar surface area (TPSA) is 184 Å². The van der Waals surface area contributed by atoms with E-state index in [1.54, 1.807) is 45.2 Å². The molecule has 8 atom stereocenters. The Morgan fingerprint density at radius 1 is 1.12 bits per heavy atom. The number of aliphatic hydroxyl groups is 1. The van der Waals surface area contributed by atoms with E-state index in [2.05, 4.69) is 27.9 Å². The van der Waals surface area contributed by atoms with Crippen LogP contribution >= 0.6 is 34.2 Å². The minimum atomic E-state index is -1.84. The van der Waals surface area contributed by atoms with Crippen molar-refractivity contribution in [1.82, 2.24) is 10.2 Å². The molecule has 3 aliphatic rings. The molecule has 0 aromatic heterocycles. The van der Waals surface area contributed by atoms with Gasteiger partial charge < -0.3 is 52.8 Å². The van der Waals surface area contributed by atoms with Crippen LogP contribution < -0.4 is 15.0 Å².